The Balaban J connectivity index is 2.56. The van der Waals surface area contributed by atoms with E-state index in [-0.39, 0.29) is 5.41 Å². The Morgan fingerprint density at radius 3 is 2.06 bits per heavy atom. The van der Waals surface area contributed by atoms with Gasteiger partial charge in [-0.1, -0.05) is 46.5 Å². The zero-order chi connectivity index (χ0) is 12.2. The van der Waals surface area contributed by atoms with Crippen molar-refractivity contribution in [1.29, 1.82) is 0 Å². The summed E-state index contributed by atoms with van der Waals surface area (Å²) in [4.78, 5) is 11.2. The lowest BCUT2D eigenvalue weighted by atomic mass is 9.86. The Morgan fingerprint density at radius 1 is 1.19 bits per heavy atom. The van der Waals surface area contributed by atoms with Crippen molar-refractivity contribution in [3.63, 3.8) is 0 Å². The predicted octanol–water partition coefficient (Wildman–Crippen LogP) is 2.80. The Kier molecular flexibility index (Phi) is 4.78. The van der Waals surface area contributed by atoms with Crippen LogP contribution >= 0.6 is 0 Å². The summed E-state index contributed by atoms with van der Waals surface area (Å²) < 4.78 is 0. The number of rotatable bonds is 3. The number of carboxylic acids is 1. The summed E-state index contributed by atoms with van der Waals surface area (Å²) in [6.07, 6.45) is 7.30. The fraction of sp³-hybridized carbons (Fsp3) is 0.923. The van der Waals surface area contributed by atoms with Gasteiger partial charge in [-0.25, -0.2) is 0 Å². The minimum atomic E-state index is -0.725. The number of carbonyl (C=O) groups is 1. The predicted molar refractivity (Wildman–Crippen MR) is 65.5 cm³/mol. The van der Waals surface area contributed by atoms with E-state index in [0.29, 0.717) is 6.04 Å². The van der Waals surface area contributed by atoms with Crippen LogP contribution in [-0.4, -0.2) is 23.2 Å². The average molecular weight is 227 g/mol. The molecule has 3 heteroatoms. The fourth-order valence-corrected chi connectivity index (χ4v) is 2.37. The fourth-order valence-electron chi connectivity index (χ4n) is 2.37. The Labute approximate surface area is 98.6 Å². The van der Waals surface area contributed by atoms with Crippen molar-refractivity contribution >= 4 is 5.97 Å². The monoisotopic (exact) mass is 227 g/mol. The molecule has 0 aromatic heterocycles. The molecule has 94 valence electrons. The van der Waals surface area contributed by atoms with Gasteiger partial charge in [-0.05, 0) is 18.3 Å². The molecule has 2 N–H and O–H groups in total. The quantitative estimate of drug-likeness (QED) is 0.729. The van der Waals surface area contributed by atoms with Crippen molar-refractivity contribution in [1.82, 2.24) is 5.32 Å². The maximum atomic E-state index is 11.2. The lowest BCUT2D eigenvalue weighted by Gasteiger charge is -2.31. The standard InChI is InChI=1S/C13H25NO2/c1-13(2,3)11(12(15)16)14-10-8-6-4-5-7-9-10/h10-11,14H,4-9H2,1-3H3,(H,15,16). The van der Waals surface area contributed by atoms with Crippen LogP contribution in [-0.2, 0) is 4.79 Å². The van der Waals surface area contributed by atoms with Crippen molar-refractivity contribution in [2.45, 2.75) is 71.4 Å². The summed E-state index contributed by atoms with van der Waals surface area (Å²) in [6, 6.07) is -0.0431. The first-order valence-electron chi connectivity index (χ1n) is 6.40. The minimum Gasteiger partial charge on any atom is -0.480 e. The first kappa shape index (κ1) is 13.5. The molecule has 0 amide bonds. The van der Waals surface area contributed by atoms with E-state index in [0.717, 1.165) is 12.8 Å². The lowest BCUT2D eigenvalue weighted by molar-refractivity contribution is -0.142. The third-order valence-electron chi connectivity index (χ3n) is 3.37. The Bertz CT molecular complexity index is 225. The molecule has 16 heavy (non-hydrogen) atoms. The lowest BCUT2D eigenvalue weighted by Crippen LogP contribution is -2.50. The minimum absolute atomic E-state index is 0.224. The van der Waals surface area contributed by atoms with Gasteiger partial charge >= 0.3 is 5.97 Å². The summed E-state index contributed by atoms with van der Waals surface area (Å²) in [5, 5.41) is 12.6. The first-order valence-corrected chi connectivity index (χ1v) is 6.40. The van der Waals surface area contributed by atoms with Crippen LogP contribution in [0.3, 0.4) is 0 Å². The van der Waals surface area contributed by atoms with Gasteiger partial charge in [0.05, 0.1) is 0 Å². The smallest absolute Gasteiger partial charge is 0.321 e. The van der Waals surface area contributed by atoms with E-state index in [4.69, 9.17) is 0 Å². The number of hydrogen-bond donors (Lipinski definition) is 2. The van der Waals surface area contributed by atoms with Gasteiger partial charge in [0, 0.05) is 6.04 Å². The molecule has 1 unspecified atom stereocenters. The zero-order valence-corrected chi connectivity index (χ0v) is 10.8. The summed E-state index contributed by atoms with van der Waals surface area (Å²) >= 11 is 0. The third kappa shape index (κ3) is 4.12. The van der Waals surface area contributed by atoms with E-state index in [1.807, 2.05) is 20.8 Å². The van der Waals surface area contributed by atoms with Gasteiger partial charge in [0.25, 0.3) is 0 Å². The van der Waals surface area contributed by atoms with Crippen molar-refractivity contribution in [3.8, 4) is 0 Å². The molecule has 1 aliphatic carbocycles. The number of carboxylic acid groups (broad SMARTS) is 1. The van der Waals surface area contributed by atoms with Crippen LogP contribution in [0, 0.1) is 5.41 Å². The van der Waals surface area contributed by atoms with E-state index in [1.54, 1.807) is 0 Å². The maximum absolute atomic E-state index is 11.2. The van der Waals surface area contributed by atoms with E-state index < -0.39 is 12.0 Å². The van der Waals surface area contributed by atoms with Crippen molar-refractivity contribution in [2.75, 3.05) is 0 Å². The van der Waals surface area contributed by atoms with Gasteiger partial charge in [0.15, 0.2) is 0 Å². The number of nitrogens with one attached hydrogen (secondary N) is 1. The molecule has 1 saturated carbocycles. The topological polar surface area (TPSA) is 49.3 Å². The van der Waals surface area contributed by atoms with Crippen LogP contribution in [0.25, 0.3) is 0 Å². The zero-order valence-electron chi connectivity index (χ0n) is 10.8. The molecule has 0 heterocycles. The largest absolute Gasteiger partial charge is 0.480 e. The highest BCUT2D eigenvalue weighted by atomic mass is 16.4. The molecule has 0 aromatic carbocycles. The van der Waals surface area contributed by atoms with Gasteiger partial charge in [0.2, 0.25) is 0 Å². The summed E-state index contributed by atoms with van der Waals surface area (Å²) in [5.74, 6) is -0.725. The summed E-state index contributed by atoms with van der Waals surface area (Å²) in [7, 11) is 0. The molecule has 0 radical (unpaired) electrons. The van der Waals surface area contributed by atoms with Crippen LogP contribution in [0.15, 0.2) is 0 Å². The van der Waals surface area contributed by atoms with Crippen molar-refractivity contribution in [3.05, 3.63) is 0 Å². The summed E-state index contributed by atoms with van der Waals surface area (Å²) in [6.45, 7) is 5.94. The van der Waals surface area contributed by atoms with Gasteiger partial charge in [0.1, 0.15) is 6.04 Å². The van der Waals surface area contributed by atoms with Crippen LogP contribution in [0.1, 0.15) is 59.3 Å². The van der Waals surface area contributed by atoms with Crippen LogP contribution < -0.4 is 5.32 Å². The highest BCUT2D eigenvalue weighted by Crippen LogP contribution is 2.23. The third-order valence-corrected chi connectivity index (χ3v) is 3.37. The summed E-state index contributed by atoms with van der Waals surface area (Å²) in [5.41, 5.74) is -0.224. The van der Waals surface area contributed by atoms with Gasteiger partial charge in [-0.2, -0.15) is 0 Å². The molecule has 1 aliphatic rings. The van der Waals surface area contributed by atoms with Crippen LogP contribution in [0.4, 0.5) is 0 Å². The Morgan fingerprint density at radius 2 is 1.69 bits per heavy atom. The van der Waals surface area contributed by atoms with Crippen LogP contribution in [0.5, 0.6) is 0 Å². The maximum Gasteiger partial charge on any atom is 0.321 e. The normalized spacial score (nSPS) is 21.4. The molecular weight excluding hydrogens is 202 g/mol. The molecule has 1 atom stereocenters. The molecule has 1 rings (SSSR count). The van der Waals surface area contributed by atoms with Crippen LogP contribution in [0.2, 0.25) is 0 Å². The number of hydrogen-bond acceptors (Lipinski definition) is 2. The van der Waals surface area contributed by atoms with Crippen molar-refractivity contribution < 1.29 is 9.90 Å². The van der Waals surface area contributed by atoms with Gasteiger partial charge in [-0.3, -0.25) is 4.79 Å². The second kappa shape index (κ2) is 5.67. The molecule has 0 aliphatic heterocycles. The highest BCUT2D eigenvalue weighted by Gasteiger charge is 2.32. The first-order chi connectivity index (χ1) is 7.41. The molecular formula is C13H25NO2. The van der Waals surface area contributed by atoms with Crippen molar-refractivity contribution in [2.24, 2.45) is 5.41 Å². The number of aliphatic carboxylic acids is 1. The van der Waals surface area contributed by atoms with E-state index >= 15 is 0 Å². The van der Waals surface area contributed by atoms with E-state index in [2.05, 4.69) is 5.32 Å². The molecule has 0 bridgehead atoms. The second-order valence-electron chi connectivity index (χ2n) is 5.99. The average Bonchev–Trinajstić information content (AvgIpc) is 2.39. The SMILES string of the molecule is CC(C)(C)C(NC1CCCCCC1)C(=O)O. The van der Waals surface area contributed by atoms with E-state index in [1.165, 1.54) is 25.7 Å². The molecule has 1 fully saturated rings. The molecule has 0 saturated heterocycles. The van der Waals surface area contributed by atoms with E-state index in [9.17, 15) is 9.90 Å². The molecule has 3 nitrogen and oxygen atoms in total. The Hall–Kier alpha value is -0.570. The molecule has 0 spiro atoms. The van der Waals surface area contributed by atoms with Gasteiger partial charge in [-0.15, -0.1) is 0 Å². The second-order valence-corrected chi connectivity index (χ2v) is 5.99. The highest BCUT2D eigenvalue weighted by molar-refractivity contribution is 5.74. The molecule has 0 aromatic rings. The van der Waals surface area contributed by atoms with Gasteiger partial charge < -0.3 is 10.4 Å².